The molecule has 4 atom stereocenters. The van der Waals surface area contributed by atoms with Crippen LogP contribution in [-0.4, -0.2) is 54.8 Å². The van der Waals surface area contributed by atoms with Crippen LogP contribution in [0.1, 0.15) is 53.4 Å². The molecule has 1 N–H and O–H groups in total. The molecule has 9 heteroatoms. The predicted molar refractivity (Wildman–Crippen MR) is 93.0 cm³/mol. The molecule has 1 saturated heterocycles. The van der Waals surface area contributed by atoms with Crippen LogP contribution in [0.4, 0.5) is 0 Å². The highest BCUT2D eigenvalue weighted by Crippen LogP contribution is 2.25. The molecule has 0 bridgehead atoms. The third kappa shape index (κ3) is 7.16. The fraction of sp³-hybridized carbons (Fsp3) is 0.722. The number of carbonyl (C=O) groups excluding carboxylic acids is 4. The molecule has 1 aliphatic rings. The van der Waals surface area contributed by atoms with Gasteiger partial charge >= 0.3 is 17.9 Å². The first-order valence-corrected chi connectivity index (χ1v) is 9.18. The molecule has 1 rings (SSSR count). The SMILES string of the molecule is CCC(=O)N[C@H]1[CH]O[C@H](COC(=O)CC)[C@@H](OC(=O)CC)[C@@H]1OC(=O)CC. The minimum atomic E-state index is -1.04. The Morgan fingerprint density at radius 2 is 1.41 bits per heavy atom. The van der Waals surface area contributed by atoms with Crippen molar-refractivity contribution in [3.8, 4) is 0 Å². The smallest absolute Gasteiger partial charge is 0.306 e. The summed E-state index contributed by atoms with van der Waals surface area (Å²) >= 11 is 0. The molecule has 0 saturated carbocycles. The van der Waals surface area contributed by atoms with Crippen molar-refractivity contribution < 1.29 is 38.1 Å². The summed E-state index contributed by atoms with van der Waals surface area (Å²) < 4.78 is 21.5. The van der Waals surface area contributed by atoms with Gasteiger partial charge < -0.3 is 24.3 Å². The molecule has 9 nitrogen and oxygen atoms in total. The molecule has 0 aromatic carbocycles. The lowest BCUT2D eigenvalue weighted by Crippen LogP contribution is -2.60. The van der Waals surface area contributed by atoms with Crippen LogP contribution in [0.15, 0.2) is 0 Å². The van der Waals surface area contributed by atoms with Gasteiger partial charge in [0.2, 0.25) is 5.91 Å². The Kier molecular flexibility index (Phi) is 9.77. The molecule has 0 aliphatic carbocycles. The molecule has 0 aromatic rings. The second kappa shape index (κ2) is 11.5. The Labute approximate surface area is 159 Å². The molecule has 1 heterocycles. The number of nitrogens with one attached hydrogen (secondary N) is 1. The van der Waals surface area contributed by atoms with Gasteiger partial charge in [0.15, 0.2) is 12.2 Å². The lowest BCUT2D eigenvalue weighted by Gasteiger charge is -2.41. The third-order valence-electron chi connectivity index (χ3n) is 3.90. The van der Waals surface area contributed by atoms with Crippen molar-refractivity contribution >= 4 is 23.8 Å². The molecule has 1 aliphatic heterocycles. The normalized spacial score (nSPS) is 24.6. The van der Waals surface area contributed by atoms with Crippen molar-refractivity contribution in [3.63, 3.8) is 0 Å². The van der Waals surface area contributed by atoms with E-state index < -0.39 is 42.3 Å². The molecule has 153 valence electrons. The molecular weight excluding hydrogens is 358 g/mol. The van der Waals surface area contributed by atoms with Crippen LogP contribution in [-0.2, 0) is 38.1 Å². The van der Waals surface area contributed by atoms with Crippen LogP contribution in [0.25, 0.3) is 0 Å². The minimum absolute atomic E-state index is 0.0993. The molecule has 0 spiro atoms. The van der Waals surface area contributed by atoms with Gasteiger partial charge in [-0.05, 0) is 0 Å². The maximum atomic E-state index is 11.9. The topological polar surface area (TPSA) is 117 Å². The zero-order chi connectivity index (χ0) is 20.4. The molecule has 27 heavy (non-hydrogen) atoms. The van der Waals surface area contributed by atoms with Gasteiger partial charge in [-0.1, -0.05) is 27.7 Å². The van der Waals surface area contributed by atoms with Crippen molar-refractivity contribution in [2.75, 3.05) is 6.61 Å². The van der Waals surface area contributed by atoms with Crippen LogP contribution in [0.3, 0.4) is 0 Å². The molecule has 1 fully saturated rings. The Balaban J connectivity index is 3.05. The van der Waals surface area contributed by atoms with Crippen LogP contribution < -0.4 is 5.32 Å². The van der Waals surface area contributed by atoms with E-state index in [0.717, 1.165) is 0 Å². The van der Waals surface area contributed by atoms with Crippen molar-refractivity contribution in [1.29, 1.82) is 0 Å². The fourth-order valence-electron chi connectivity index (χ4n) is 2.33. The van der Waals surface area contributed by atoms with Crippen LogP contribution in [0.2, 0.25) is 0 Å². The summed E-state index contributed by atoms with van der Waals surface area (Å²) in [6, 6.07) is -0.805. The lowest BCUT2D eigenvalue weighted by molar-refractivity contribution is -0.199. The number of rotatable bonds is 9. The molecule has 1 radical (unpaired) electrons. The average Bonchev–Trinajstić information content (AvgIpc) is 2.68. The van der Waals surface area contributed by atoms with Gasteiger partial charge in [0.05, 0.1) is 6.04 Å². The lowest BCUT2D eigenvalue weighted by atomic mass is 9.97. The van der Waals surface area contributed by atoms with Crippen molar-refractivity contribution in [2.24, 2.45) is 0 Å². The summed E-state index contributed by atoms with van der Waals surface area (Å²) in [5, 5.41) is 2.67. The maximum absolute atomic E-state index is 11.9. The van der Waals surface area contributed by atoms with E-state index in [-0.39, 0.29) is 38.2 Å². The quantitative estimate of drug-likeness (QED) is 0.461. The Hall–Kier alpha value is -2.16. The summed E-state index contributed by atoms with van der Waals surface area (Å²) in [5.74, 6) is -1.78. The number of amides is 1. The van der Waals surface area contributed by atoms with Crippen LogP contribution in [0, 0.1) is 6.61 Å². The minimum Gasteiger partial charge on any atom is -0.463 e. The first kappa shape index (κ1) is 22.9. The summed E-state index contributed by atoms with van der Waals surface area (Å²) in [6.07, 6.45) is -2.29. The Morgan fingerprint density at radius 3 is 1.93 bits per heavy atom. The van der Waals surface area contributed by atoms with Crippen LogP contribution >= 0.6 is 0 Å². The van der Waals surface area contributed by atoms with E-state index in [9.17, 15) is 19.2 Å². The zero-order valence-electron chi connectivity index (χ0n) is 16.2. The highest BCUT2D eigenvalue weighted by Gasteiger charge is 2.46. The highest BCUT2D eigenvalue weighted by molar-refractivity contribution is 5.76. The van der Waals surface area contributed by atoms with E-state index in [1.54, 1.807) is 27.7 Å². The number of hydrogen-bond acceptors (Lipinski definition) is 8. The summed E-state index contributed by atoms with van der Waals surface area (Å²) in [4.78, 5) is 47.0. The number of carbonyl (C=O) groups is 4. The monoisotopic (exact) mass is 386 g/mol. The first-order chi connectivity index (χ1) is 12.9. The maximum Gasteiger partial charge on any atom is 0.306 e. The summed E-state index contributed by atoms with van der Waals surface area (Å²) in [5.41, 5.74) is 0. The Bertz CT molecular complexity index is 535. The predicted octanol–water partition coefficient (Wildman–Crippen LogP) is 1.04. The number of hydrogen-bond donors (Lipinski definition) is 1. The summed E-state index contributed by atoms with van der Waals surface area (Å²) in [6.45, 7) is 7.69. The molecule has 1 amide bonds. The van der Waals surface area contributed by atoms with Crippen LogP contribution in [0.5, 0.6) is 0 Å². The van der Waals surface area contributed by atoms with Crippen molar-refractivity contribution in [3.05, 3.63) is 6.61 Å². The van der Waals surface area contributed by atoms with Crippen molar-refractivity contribution in [1.82, 2.24) is 5.32 Å². The van der Waals surface area contributed by atoms with Gasteiger partial charge in [0, 0.05) is 25.7 Å². The van der Waals surface area contributed by atoms with E-state index >= 15 is 0 Å². The molecular formula is C18H28NO8. The second-order valence-corrected chi connectivity index (χ2v) is 5.91. The third-order valence-corrected chi connectivity index (χ3v) is 3.90. The Morgan fingerprint density at radius 1 is 0.852 bits per heavy atom. The van der Waals surface area contributed by atoms with E-state index in [4.69, 9.17) is 18.9 Å². The van der Waals surface area contributed by atoms with E-state index in [2.05, 4.69) is 5.32 Å². The van der Waals surface area contributed by atoms with E-state index in [0.29, 0.717) is 0 Å². The molecule has 0 unspecified atom stereocenters. The highest BCUT2D eigenvalue weighted by atomic mass is 16.6. The first-order valence-electron chi connectivity index (χ1n) is 9.18. The largest absolute Gasteiger partial charge is 0.463 e. The number of ether oxygens (including phenoxy) is 4. The summed E-state index contributed by atoms with van der Waals surface area (Å²) in [7, 11) is 0. The van der Waals surface area contributed by atoms with Gasteiger partial charge in [-0.2, -0.15) is 0 Å². The number of esters is 3. The van der Waals surface area contributed by atoms with Gasteiger partial charge in [-0.25, -0.2) is 0 Å². The zero-order valence-corrected chi connectivity index (χ0v) is 16.2. The van der Waals surface area contributed by atoms with E-state index in [1.807, 2.05) is 0 Å². The van der Waals surface area contributed by atoms with Gasteiger partial charge in [-0.3, -0.25) is 19.2 Å². The molecule has 0 aromatic heterocycles. The van der Waals surface area contributed by atoms with Crippen molar-refractivity contribution in [2.45, 2.75) is 77.7 Å². The fourth-order valence-corrected chi connectivity index (χ4v) is 2.33. The van der Waals surface area contributed by atoms with Gasteiger partial charge in [0.1, 0.15) is 19.3 Å². The second-order valence-electron chi connectivity index (χ2n) is 5.91. The average molecular weight is 386 g/mol. The van der Waals surface area contributed by atoms with E-state index in [1.165, 1.54) is 6.61 Å². The van der Waals surface area contributed by atoms with Gasteiger partial charge in [0.25, 0.3) is 0 Å². The van der Waals surface area contributed by atoms with Gasteiger partial charge in [-0.15, -0.1) is 0 Å². The standard InChI is InChI=1S/C18H28NO8/c1-5-13(20)19-11-9-24-12(10-25-14(21)6-2)18(27-16(23)8-4)17(11)26-15(22)7-3/h9,11-12,17-18H,5-8,10H2,1-4H3,(H,19,20)/t11-,12+,17+,18+/m0/s1.